The molecule has 0 radical (unpaired) electrons. The summed E-state index contributed by atoms with van der Waals surface area (Å²) in [4.78, 5) is 4.08. The van der Waals surface area contributed by atoms with Crippen molar-refractivity contribution in [2.75, 3.05) is 13.0 Å². The van der Waals surface area contributed by atoms with Gasteiger partial charge in [-0.1, -0.05) is 0 Å². The lowest BCUT2D eigenvalue weighted by atomic mass is 10.4. The molecule has 1 aromatic heterocycles. The van der Waals surface area contributed by atoms with Crippen LogP contribution in [0.2, 0.25) is 0 Å². The molecular weight excluding hydrogens is 250 g/mol. The highest BCUT2D eigenvalue weighted by atomic mass is 35.5. The highest BCUT2D eigenvalue weighted by Crippen LogP contribution is 2.20. The molecule has 1 aromatic rings. The number of alkyl halides is 1. The first-order chi connectivity index (χ1) is 7.52. The van der Waals surface area contributed by atoms with Crippen molar-refractivity contribution in [2.45, 2.75) is 23.5 Å². The second-order valence-electron chi connectivity index (χ2n) is 3.37. The average molecular weight is 264 g/mol. The van der Waals surface area contributed by atoms with E-state index in [-0.39, 0.29) is 4.90 Å². The zero-order chi connectivity index (χ0) is 12.2. The van der Waals surface area contributed by atoms with E-state index in [0.717, 1.165) is 0 Å². The van der Waals surface area contributed by atoms with Crippen LogP contribution in [0.3, 0.4) is 0 Å². The number of pyridine rings is 1. The van der Waals surface area contributed by atoms with Gasteiger partial charge >= 0.3 is 0 Å². The zero-order valence-corrected chi connectivity index (χ0v) is 10.8. The van der Waals surface area contributed by atoms with Crippen LogP contribution in [0.15, 0.2) is 23.2 Å². The van der Waals surface area contributed by atoms with E-state index in [1.54, 1.807) is 6.92 Å². The Bertz CT molecular complexity index is 447. The number of hydrogen-bond donors (Lipinski definition) is 0. The summed E-state index contributed by atoms with van der Waals surface area (Å²) in [5, 5.41) is -0.503. The van der Waals surface area contributed by atoms with Crippen molar-refractivity contribution in [3.63, 3.8) is 0 Å². The molecule has 0 N–H and O–H groups in total. The maximum atomic E-state index is 12.0. The van der Waals surface area contributed by atoms with Crippen LogP contribution >= 0.6 is 11.6 Å². The molecule has 0 aliphatic rings. The van der Waals surface area contributed by atoms with Crippen molar-refractivity contribution < 1.29 is 13.2 Å². The maximum Gasteiger partial charge on any atom is 0.214 e. The largest absolute Gasteiger partial charge is 0.481 e. The molecule has 0 saturated carbocycles. The molecule has 1 atom stereocenters. The van der Waals surface area contributed by atoms with Gasteiger partial charge in [-0.05, 0) is 19.4 Å². The average Bonchev–Trinajstić information content (AvgIpc) is 2.29. The third kappa shape index (κ3) is 2.86. The van der Waals surface area contributed by atoms with E-state index in [1.807, 2.05) is 0 Å². The van der Waals surface area contributed by atoms with Crippen LogP contribution in [0.1, 0.15) is 13.3 Å². The van der Waals surface area contributed by atoms with Crippen LogP contribution in [0, 0.1) is 0 Å². The van der Waals surface area contributed by atoms with Crippen LogP contribution in [-0.4, -0.2) is 31.6 Å². The Hall–Kier alpha value is -0.810. The molecule has 0 aliphatic carbocycles. The zero-order valence-electron chi connectivity index (χ0n) is 9.18. The van der Waals surface area contributed by atoms with E-state index in [2.05, 4.69) is 4.98 Å². The summed E-state index contributed by atoms with van der Waals surface area (Å²) in [5.74, 6) is 0.613. The summed E-state index contributed by atoms with van der Waals surface area (Å²) in [7, 11) is -1.89. The lowest BCUT2D eigenvalue weighted by Crippen LogP contribution is -2.18. The quantitative estimate of drug-likeness (QED) is 0.761. The SMILES string of the molecule is COc1cc(S(=O)(=O)C(C)CCCl)ccn1. The van der Waals surface area contributed by atoms with Gasteiger partial charge in [0, 0.05) is 18.1 Å². The van der Waals surface area contributed by atoms with Gasteiger partial charge in [-0.15, -0.1) is 11.6 Å². The van der Waals surface area contributed by atoms with E-state index in [9.17, 15) is 8.42 Å². The number of ether oxygens (including phenoxy) is 1. The van der Waals surface area contributed by atoms with E-state index in [4.69, 9.17) is 16.3 Å². The Kier molecular flexibility index (Phi) is 4.56. The van der Waals surface area contributed by atoms with Crippen molar-refractivity contribution in [3.05, 3.63) is 18.3 Å². The molecule has 1 rings (SSSR count). The monoisotopic (exact) mass is 263 g/mol. The van der Waals surface area contributed by atoms with Crippen LogP contribution in [0.25, 0.3) is 0 Å². The van der Waals surface area contributed by atoms with Crippen molar-refractivity contribution in [1.82, 2.24) is 4.98 Å². The molecule has 1 unspecified atom stereocenters. The molecule has 90 valence electrons. The number of sulfone groups is 1. The summed E-state index contributed by atoms with van der Waals surface area (Å²) < 4.78 is 29.0. The first-order valence-electron chi connectivity index (χ1n) is 4.82. The maximum absolute atomic E-state index is 12.0. The third-order valence-electron chi connectivity index (χ3n) is 2.29. The smallest absolute Gasteiger partial charge is 0.214 e. The van der Waals surface area contributed by atoms with E-state index in [0.29, 0.717) is 18.2 Å². The van der Waals surface area contributed by atoms with Gasteiger partial charge in [0.25, 0.3) is 0 Å². The van der Waals surface area contributed by atoms with Gasteiger partial charge < -0.3 is 4.74 Å². The van der Waals surface area contributed by atoms with Gasteiger partial charge in [0.2, 0.25) is 5.88 Å². The predicted octanol–water partition coefficient (Wildman–Crippen LogP) is 1.88. The number of nitrogens with zero attached hydrogens (tertiary/aromatic N) is 1. The van der Waals surface area contributed by atoms with Gasteiger partial charge in [-0.2, -0.15) is 0 Å². The molecular formula is C10H14ClNO3S. The Morgan fingerprint density at radius 2 is 2.25 bits per heavy atom. The molecule has 4 nitrogen and oxygen atoms in total. The van der Waals surface area contributed by atoms with Crippen LogP contribution in [0.5, 0.6) is 5.88 Å². The molecule has 0 aliphatic heterocycles. The first-order valence-corrected chi connectivity index (χ1v) is 6.90. The molecule has 1 heterocycles. The molecule has 0 fully saturated rings. The fraction of sp³-hybridized carbons (Fsp3) is 0.500. The number of aromatic nitrogens is 1. The van der Waals surface area contributed by atoms with Gasteiger partial charge in [0.15, 0.2) is 9.84 Å². The number of methoxy groups -OCH3 is 1. The number of hydrogen-bond acceptors (Lipinski definition) is 4. The molecule has 16 heavy (non-hydrogen) atoms. The minimum Gasteiger partial charge on any atom is -0.481 e. The molecule has 0 saturated heterocycles. The Labute approximate surface area is 101 Å². The molecule has 0 aromatic carbocycles. The molecule has 6 heteroatoms. The first kappa shape index (κ1) is 13.3. The Morgan fingerprint density at radius 3 is 2.81 bits per heavy atom. The van der Waals surface area contributed by atoms with Crippen LogP contribution < -0.4 is 4.74 Å². The fourth-order valence-corrected chi connectivity index (χ4v) is 3.09. The highest BCUT2D eigenvalue weighted by molar-refractivity contribution is 7.92. The molecule has 0 amide bonds. The Morgan fingerprint density at radius 1 is 1.56 bits per heavy atom. The minimum absolute atomic E-state index is 0.219. The number of halogens is 1. The van der Waals surface area contributed by atoms with Gasteiger partial charge in [0.05, 0.1) is 17.3 Å². The van der Waals surface area contributed by atoms with Crippen molar-refractivity contribution in [3.8, 4) is 5.88 Å². The molecule has 0 spiro atoms. The minimum atomic E-state index is -3.34. The van der Waals surface area contributed by atoms with Crippen LogP contribution in [-0.2, 0) is 9.84 Å². The van der Waals surface area contributed by atoms with Gasteiger partial charge in [-0.3, -0.25) is 0 Å². The topological polar surface area (TPSA) is 56.3 Å². The van der Waals surface area contributed by atoms with E-state index in [1.165, 1.54) is 25.4 Å². The predicted molar refractivity (Wildman–Crippen MR) is 62.8 cm³/mol. The third-order valence-corrected chi connectivity index (χ3v) is 4.71. The van der Waals surface area contributed by atoms with Gasteiger partial charge in [0.1, 0.15) is 0 Å². The van der Waals surface area contributed by atoms with E-state index >= 15 is 0 Å². The van der Waals surface area contributed by atoms with Gasteiger partial charge in [-0.25, -0.2) is 13.4 Å². The van der Waals surface area contributed by atoms with Crippen molar-refractivity contribution in [1.29, 1.82) is 0 Å². The van der Waals surface area contributed by atoms with Crippen LogP contribution in [0.4, 0.5) is 0 Å². The lowest BCUT2D eigenvalue weighted by molar-refractivity contribution is 0.396. The van der Waals surface area contributed by atoms with Crippen molar-refractivity contribution >= 4 is 21.4 Å². The summed E-state index contributed by atoms with van der Waals surface area (Å²) in [6, 6.07) is 2.88. The highest BCUT2D eigenvalue weighted by Gasteiger charge is 2.23. The van der Waals surface area contributed by atoms with E-state index < -0.39 is 15.1 Å². The summed E-state index contributed by atoms with van der Waals surface area (Å²) in [6.07, 6.45) is 1.84. The Balaban J connectivity index is 3.06. The summed E-state index contributed by atoms with van der Waals surface area (Å²) in [6.45, 7) is 1.64. The summed E-state index contributed by atoms with van der Waals surface area (Å²) >= 11 is 5.55. The normalized spacial score (nSPS) is 13.4. The standard InChI is InChI=1S/C10H14ClNO3S/c1-8(3-5-11)16(13,14)9-4-6-12-10(7-9)15-2/h4,6-8H,3,5H2,1-2H3. The fourth-order valence-electron chi connectivity index (χ4n) is 1.22. The second kappa shape index (κ2) is 5.50. The summed E-state index contributed by atoms with van der Waals surface area (Å²) in [5.41, 5.74) is 0. The lowest BCUT2D eigenvalue weighted by Gasteiger charge is -2.11. The van der Waals surface area contributed by atoms with Crippen molar-refractivity contribution in [2.24, 2.45) is 0 Å². The number of rotatable bonds is 5. The molecule has 0 bridgehead atoms. The second-order valence-corrected chi connectivity index (χ2v) is 6.11.